The molecule has 1 N–H and O–H groups in total. The molecule has 2 aromatic rings. The van der Waals surface area contributed by atoms with Gasteiger partial charge in [0.05, 0.1) is 9.79 Å². The minimum absolute atomic E-state index is 0.151. The van der Waals surface area contributed by atoms with Gasteiger partial charge in [0, 0.05) is 33.7 Å². The first-order valence-corrected chi connectivity index (χ1v) is 13.9. The van der Waals surface area contributed by atoms with E-state index in [1.54, 1.807) is 31.2 Å². The third kappa shape index (κ3) is 6.15. The number of amides is 1. The molecule has 2 aromatic carbocycles. The first-order chi connectivity index (χ1) is 16.0. The van der Waals surface area contributed by atoms with Crippen LogP contribution in [0.3, 0.4) is 0 Å². The van der Waals surface area contributed by atoms with E-state index in [1.165, 1.54) is 36.6 Å². The molecule has 1 heterocycles. The van der Waals surface area contributed by atoms with Gasteiger partial charge in [-0.25, -0.2) is 21.1 Å². The molecular weight excluding hydrogens is 478 g/mol. The highest BCUT2D eigenvalue weighted by atomic mass is 32.2. The lowest BCUT2D eigenvalue weighted by molar-refractivity contribution is -0.123. The zero-order valence-corrected chi connectivity index (χ0v) is 21.3. The van der Waals surface area contributed by atoms with Gasteiger partial charge in [0.15, 0.2) is 6.61 Å². The standard InChI is InChI=1S/C23H31N3O6S2/c1-18-15-21(33(28,29)25(2)3)11-12-22(18)32-17-23(27)24-16-19-7-9-20(10-8-19)34(30,31)26-13-5-4-6-14-26/h7-12,15H,4-6,13-14,16-17H2,1-3H3,(H,24,27). The van der Waals surface area contributed by atoms with Crippen LogP contribution in [0, 0.1) is 6.92 Å². The van der Waals surface area contributed by atoms with Gasteiger partial charge in [0.1, 0.15) is 5.75 Å². The lowest BCUT2D eigenvalue weighted by atomic mass is 10.2. The molecule has 34 heavy (non-hydrogen) atoms. The SMILES string of the molecule is Cc1cc(S(=O)(=O)N(C)C)ccc1OCC(=O)NCc1ccc(S(=O)(=O)N2CCCCC2)cc1. The number of sulfonamides is 2. The van der Waals surface area contributed by atoms with Crippen molar-refractivity contribution in [2.75, 3.05) is 33.8 Å². The van der Waals surface area contributed by atoms with E-state index in [9.17, 15) is 21.6 Å². The molecule has 0 aliphatic carbocycles. The Balaban J connectivity index is 1.52. The second kappa shape index (κ2) is 10.9. The zero-order valence-electron chi connectivity index (χ0n) is 19.7. The minimum atomic E-state index is -3.55. The summed E-state index contributed by atoms with van der Waals surface area (Å²) in [4.78, 5) is 12.6. The maximum absolute atomic E-state index is 12.7. The summed E-state index contributed by atoms with van der Waals surface area (Å²) in [6, 6.07) is 11.0. The Morgan fingerprint density at radius 2 is 1.59 bits per heavy atom. The Kier molecular flexibility index (Phi) is 8.34. The Labute approximate surface area is 201 Å². The third-order valence-electron chi connectivity index (χ3n) is 5.65. The summed E-state index contributed by atoms with van der Waals surface area (Å²) >= 11 is 0. The lowest BCUT2D eigenvalue weighted by Crippen LogP contribution is -2.35. The number of nitrogens with zero attached hydrogens (tertiary/aromatic N) is 2. The Morgan fingerprint density at radius 1 is 0.971 bits per heavy atom. The van der Waals surface area contributed by atoms with Gasteiger partial charge in [0.2, 0.25) is 20.0 Å². The van der Waals surface area contributed by atoms with Crippen molar-refractivity contribution < 1.29 is 26.4 Å². The molecule has 186 valence electrons. The molecule has 0 spiro atoms. The van der Waals surface area contributed by atoms with E-state index in [4.69, 9.17) is 4.74 Å². The molecule has 0 radical (unpaired) electrons. The van der Waals surface area contributed by atoms with E-state index in [-0.39, 0.29) is 28.8 Å². The van der Waals surface area contributed by atoms with Crippen molar-refractivity contribution in [2.24, 2.45) is 0 Å². The van der Waals surface area contributed by atoms with Crippen molar-refractivity contribution in [1.29, 1.82) is 0 Å². The maximum atomic E-state index is 12.7. The van der Waals surface area contributed by atoms with E-state index >= 15 is 0 Å². The average Bonchev–Trinajstić information content (AvgIpc) is 2.82. The van der Waals surface area contributed by atoms with Gasteiger partial charge in [-0.15, -0.1) is 0 Å². The van der Waals surface area contributed by atoms with E-state index < -0.39 is 20.0 Å². The molecular formula is C23H31N3O6S2. The number of ether oxygens (including phenoxy) is 1. The second-order valence-corrected chi connectivity index (χ2v) is 12.5. The van der Waals surface area contributed by atoms with Gasteiger partial charge in [-0.2, -0.15) is 4.31 Å². The van der Waals surface area contributed by atoms with Crippen molar-refractivity contribution in [3.05, 3.63) is 53.6 Å². The summed E-state index contributed by atoms with van der Waals surface area (Å²) in [6.07, 6.45) is 2.81. The number of piperidine rings is 1. The zero-order chi connectivity index (χ0) is 24.9. The maximum Gasteiger partial charge on any atom is 0.258 e. The lowest BCUT2D eigenvalue weighted by Gasteiger charge is -2.25. The van der Waals surface area contributed by atoms with Gasteiger partial charge in [0.25, 0.3) is 5.91 Å². The van der Waals surface area contributed by atoms with Crippen molar-refractivity contribution in [2.45, 2.75) is 42.5 Å². The van der Waals surface area contributed by atoms with Gasteiger partial charge in [-0.3, -0.25) is 4.79 Å². The van der Waals surface area contributed by atoms with Gasteiger partial charge in [-0.05, 0) is 61.2 Å². The van der Waals surface area contributed by atoms with Crippen LogP contribution in [-0.4, -0.2) is 65.1 Å². The average molecular weight is 510 g/mol. The van der Waals surface area contributed by atoms with Gasteiger partial charge >= 0.3 is 0 Å². The molecule has 1 aliphatic rings. The van der Waals surface area contributed by atoms with E-state index in [0.717, 1.165) is 29.1 Å². The Hall–Kier alpha value is -2.47. The number of hydrogen-bond acceptors (Lipinski definition) is 6. The Morgan fingerprint density at radius 3 is 2.18 bits per heavy atom. The first-order valence-electron chi connectivity index (χ1n) is 11.0. The quantitative estimate of drug-likeness (QED) is 0.554. The van der Waals surface area contributed by atoms with Crippen LogP contribution in [-0.2, 0) is 31.4 Å². The van der Waals surface area contributed by atoms with Crippen molar-refractivity contribution in [1.82, 2.24) is 13.9 Å². The van der Waals surface area contributed by atoms with Crippen molar-refractivity contribution in [3.63, 3.8) is 0 Å². The summed E-state index contributed by atoms with van der Waals surface area (Å²) in [5.74, 6) is 0.0644. The predicted octanol–water partition coefficient (Wildman–Crippen LogP) is 2.12. The highest BCUT2D eigenvalue weighted by Crippen LogP contribution is 2.23. The minimum Gasteiger partial charge on any atom is -0.484 e. The topological polar surface area (TPSA) is 113 Å². The van der Waals surface area contributed by atoms with Crippen molar-refractivity contribution in [3.8, 4) is 5.75 Å². The molecule has 0 bridgehead atoms. The third-order valence-corrected chi connectivity index (χ3v) is 9.37. The summed E-state index contributed by atoms with van der Waals surface area (Å²) in [5.41, 5.74) is 1.36. The second-order valence-electron chi connectivity index (χ2n) is 8.39. The van der Waals surface area contributed by atoms with E-state index in [1.807, 2.05) is 0 Å². The van der Waals surface area contributed by atoms with Crippen LogP contribution in [0.15, 0.2) is 52.3 Å². The molecule has 0 atom stereocenters. The summed E-state index contributed by atoms with van der Waals surface area (Å²) in [7, 11) is -4.11. The molecule has 1 saturated heterocycles. The van der Waals surface area contributed by atoms with Crippen LogP contribution in [0.25, 0.3) is 0 Å². The fourth-order valence-corrected chi connectivity index (χ4v) is 6.09. The van der Waals surface area contributed by atoms with E-state index in [2.05, 4.69) is 5.32 Å². The van der Waals surface area contributed by atoms with Crippen LogP contribution in [0.5, 0.6) is 5.75 Å². The van der Waals surface area contributed by atoms with Gasteiger partial charge in [-0.1, -0.05) is 18.6 Å². The fraction of sp³-hybridized carbons (Fsp3) is 0.435. The van der Waals surface area contributed by atoms with Gasteiger partial charge < -0.3 is 10.1 Å². The predicted molar refractivity (Wildman–Crippen MR) is 128 cm³/mol. The summed E-state index contributed by atoms with van der Waals surface area (Å²) in [5, 5.41) is 2.73. The highest BCUT2D eigenvalue weighted by Gasteiger charge is 2.25. The number of aryl methyl sites for hydroxylation is 1. The highest BCUT2D eigenvalue weighted by molar-refractivity contribution is 7.89. The molecule has 0 aromatic heterocycles. The largest absolute Gasteiger partial charge is 0.484 e. The molecule has 3 rings (SSSR count). The van der Waals surface area contributed by atoms with Crippen LogP contribution in [0.2, 0.25) is 0 Å². The monoisotopic (exact) mass is 509 g/mol. The number of rotatable bonds is 9. The molecule has 0 saturated carbocycles. The van der Waals surface area contributed by atoms with Crippen LogP contribution < -0.4 is 10.1 Å². The van der Waals surface area contributed by atoms with Crippen LogP contribution in [0.4, 0.5) is 0 Å². The van der Waals surface area contributed by atoms with Crippen molar-refractivity contribution >= 4 is 26.0 Å². The number of carbonyl (C=O) groups is 1. The summed E-state index contributed by atoms with van der Waals surface area (Å²) in [6.45, 7) is 2.80. The summed E-state index contributed by atoms with van der Waals surface area (Å²) < 4.78 is 58.1. The number of hydrogen-bond donors (Lipinski definition) is 1. The number of nitrogens with one attached hydrogen (secondary N) is 1. The fourth-order valence-electron chi connectivity index (χ4n) is 3.58. The molecule has 0 unspecified atom stereocenters. The molecule has 1 amide bonds. The van der Waals surface area contributed by atoms with Crippen LogP contribution >= 0.6 is 0 Å². The molecule has 9 nitrogen and oxygen atoms in total. The molecule has 1 aliphatic heterocycles. The van der Waals surface area contributed by atoms with E-state index in [0.29, 0.717) is 24.4 Å². The number of carbonyl (C=O) groups excluding carboxylic acids is 1. The molecule has 11 heteroatoms. The molecule has 1 fully saturated rings. The number of benzene rings is 2. The smallest absolute Gasteiger partial charge is 0.258 e. The Bertz CT molecular complexity index is 1220. The normalized spacial score (nSPS) is 15.3. The first kappa shape index (κ1) is 26.1. The van der Waals surface area contributed by atoms with Crippen LogP contribution in [0.1, 0.15) is 30.4 Å².